The molecule has 1 saturated heterocycles. The third-order valence-electron chi connectivity index (χ3n) is 3.75. The Morgan fingerprint density at radius 3 is 3.00 bits per heavy atom. The van der Waals surface area contributed by atoms with E-state index >= 15 is 0 Å². The Morgan fingerprint density at radius 2 is 2.24 bits per heavy atom. The monoisotopic (exact) mass is 405 g/mol. The maximum Gasteiger partial charge on any atom is 0.245 e. The molecule has 1 atom stereocenters. The number of amides is 2. The van der Waals surface area contributed by atoms with E-state index in [2.05, 4.69) is 36.7 Å². The third-order valence-corrected chi connectivity index (χ3v) is 4.25. The number of ether oxygens (including phenoxy) is 1. The molecular formula is C16H16BrN5O3. The topological polar surface area (TPSA) is 96.4 Å². The van der Waals surface area contributed by atoms with Crippen molar-refractivity contribution in [2.45, 2.75) is 6.42 Å². The zero-order chi connectivity index (χ0) is 17.8. The van der Waals surface area contributed by atoms with E-state index in [-0.39, 0.29) is 24.2 Å². The van der Waals surface area contributed by atoms with Crippen LogP contribution in [0.15, 0.2) is 41.0 Å². The highest BCUT2D eigenvalue weighted by molar-refractivity contribution is 9.10. The molecule has 0 spiro atoms. The van der Waals surface area contributed by atoms with Gasteiger partial charge < -0.3 is 9.64 Å². The molecule has 0 saturated carbocycles. The van der Waals surface area contributed by atoms with Gasteiger partial charge in [-0.3, -0.25) is 20.4 Å². The summed E-state index contributed by atoms with van der Waals surface area (Å²) >= 11 is 3.38. The van der Waals surface area contributed by atoms with E-state index in [4.69, 9.17) is 4.74 Å². The normalized spacial score (nSPS) is 16.6. The van der Waals surface area contributed by atoms with Crippen LogP contribution >= 0.6 is 15.9 Å². The molecule has 3 rings (SSSR count). The first-order valence-corrected chi connectivity index (χ1v) is 8.35. The molecule has 1 aromatic carbocycles. The van der Waals surface area contributed by atoms with Gasteiger partial charge in [0.05, 0.1) is 13.0 Å². The second-order valence-corrected chi connectivity index (χ2v) is 6.34. The predicted octanol–water partition coefficient (Wildman–Crippen LogP) is 1.74. The SMILES string of the molecule is COc1ccnc(NNC(=O)C2CC(=O)N(c3cccc(Br)c3)C2)n1. The molecule has 0 aliphatic carbocycles. The van der Waals surface area contributed by atoms with Crippen molar-refractivity contribution < 1.29 is 14.3 Å². The molecule has 1 aromatic heterocycles. The lowest BCUT2D eigenvalue weighted by molar-refractivity contribution is -0.125. The summed E-state index contributed by atoms with van der Waals surface area (Å²) in [7, 11) is 1.49. The lowest BCUT2D eigenvalue weighted by Gasteiger charge is -2.17. The molecule has 0 bridgehead atoms. The number of hydrogen-bond donors (Lipinski definition) is 2. The number of anilines is 2. The van der Waals surface area contributed by atoms with Gasteiger partial charge in [0.1, 0.15) is 0 Å². The van der Waals surface area contributed by atoms with Crippen molar-refractivity contribution in [1.82, 2.24) is 15.4 Å². The molecule has 1 unspecified atom stereocenters. The molecule has 2 heterocycles. The number of carbonyl (C=O) groups excluding carboxylic acids is 2. The fourth-order valence-electron chi connectivity index (χ4n) is 2.51. The molecule has 1 aliphatic rings. The number of hydrazine groups is 1. The number of nitrogens with zero attached hydrogens (tertiary/aromatic N) is 3. The quantitative estimate of drug-likeness (QED) is 0.735. The smallest absolute Gasteiger partial charge is 0.245 e. The van der Waals surface area contributed by atoms with Gasteiger partial charge in [-0.2, -0.15) is 4.98 Å². The van der Waals surface area contributed by atoms with Gasteiger partial charge in [0, 0.05) is 35.4 Å². The number of nitrogens with one attached hydrogen (secondary N) is 2. The molecule has 130 valence electrons. The number of methoxy groups -OCH3 is 1. The minimum absolute atomic E-state index is 0.0871. The van der Waals surface area contributed by atoms with Crippen LogP contribution in [-0.2, 0) is 9.59 Å². The maximum atomic E-state index is 12.3. The molecule has 1 fully saturated rings. The van der Waals surface area contributed by atoms with Gasteiger partial charge in [-0.1, -0.05) is 22.0 Å². The van der Waals surface area contributed by atoms with Crippen molar-refractivity contribution in [3.05, 3.63) is 41.0 Å². The van der Waals surface area contributed by atoms with Crippen LogP contribution in [0.1, 0.15) is 6.42 Å². The lowest BCUT2D eigenvalue weighted by atomic mass is 10.1. The first-order valence-electron chi connectivity index (χ1n) is 7.55. The highest BCUT2D eigenvalue weighted by atomic mass is 79.9. The van der Waals surface area contributed by atoms with E-state index in [0.29, 0.717) is 12.4 Å². The van der Waals surface area contributed by atoms with Crippen molar-refractivity contribution in [2.75, 3.05) is 24.0 Å². The summed E-state index contributed by atoms with van der Waals surface area (Å²) in [4.78, 5) is 34.2. The first-order chi connectivity index (χ1) is 12.1. The average Bonchev–Trinajstić information content (AvgIpc) is 3.02. The molecule has 9 heteroatoms. The van der Waals surface area contributed by atoms with Crippen LogP contribution in [0.2, 0.25) is 0 Å². The molecule has 0 radical (unpaired) electrons. The second kappa shape index (κ2) is 7.47. The summed E-state index contributed by atoms with van der Waals surface area (Å²) in [5.74, 6) is -0.248. The highest BCUT2D eigenvalue weighted by Crippen LogP contribution is 2.27. The van der Waals surface area contributed by atoms with Gasteiger partial charge in [-0.05, 0) is 18.2 Å². The van der Waals surface area contributed by atoms with E-state index in [0.717, 1.165) is 10.2 Å². The number of benzene rings is 1. The van der Waals surface area contributed by atoms with Gasteiger partial charge in [-0.25, -0.2) is 4.98 Å². The highest BCUT2D eigenvalue weighted by Gasteiger charge is 2.35. The largest absolute Gasteiger partial charge is 0.481 e. The van der Waals surface area contributed by atoms with Crippen LogP contribution in [0, 0.1) is 5.92 Å². The van der Waals surface area contributed by atoms with Crippen LogP contribution in [0.4, 0.5) is 11.6 Å². The number of hydrogen-bond acceptors (Lipinski definition) is 6. The Kier molecular flexibility index (Phi) is 5.13. The Hall–Kier alpha value is -2.68. The fourth-order valence-corrected chi connectivity index (χ4v) is 2.90. The summed E-state index contributed by atoms with van der Waals surface area (Å²) in [5, 5.41) is 0. The Bertz CT molecular complexity index is 801. The summed E-state index contributed by atoms with van der Waals surface area (Å²) in [5.41, 5.74) is 5.94. The number of aromatic nitrogens is 2. The molecule has 25 heavy (non-hydrogen) atoms. The molecule has 2 aromatic rings. The number of halogens is 1. The molecule has 2 amide bonds. The molecule has 1 aliphatic heterocycles. The number of rotatable bonds is 5. The summed E-state index contributed by atoms with van der Waals surface area (Å²) in [6, 6.07) is 9.01. The van der Waals surface area contributed by atoms with Gasteiger partial charge in [0.15, 0.2) is 0 Å². The zero-order valence-electron chi connectivity index (χ0n) is 13.4. The van der Waals surface area contributed by atoms with Gasteiger partial charge in [0.2, 0.25) is 23.6 Å². The van der Waals surface area contributed by atoms with Crippen LogP contribution in [-0.4, -0.2) is 35.4 Å². The van der Waals surface area contributed by atoms with Gasteiger partial charge in [-0.15, -0.1) is 0 Å². The Labute approximate surface area is 152 Å². The van der Waals surface area contributed by atoms with Crippen LogP contribution in [0.3, 0.4) is 0 Å². The zero-order valence-corrected chi connectivity index (χ0v) is 15.0. The second-order valence-electron chi connectivity index (χ2n) is 5.42. The molecule has 2 N–H and O–H groups in total. The van der Waals surface area contributed by atoms with Crippen LogP contribution in [0.25, 0.3) is 0 Å². The minimum atomic E-state index is -0.454. The van der Waals surface area contributed by atoms with E-state index < -0.39 is 5.92 Å². The van der Waals surface area contributed by atoms with E-state index in [1.165, 1.54) is 13.3 Å². The Balaban J connectivity index is 1.61. The van der Waals surface area contributed by atoms with Crippen LogP contribution < -0.4 is 20.5 Å². The first kappa shape index (κ1) is 17.2. The maximum absolute atomic E-state index is 12.3. The molecular weight excluding hydrogens is 390 g/mol. The predicted molar refractivity (Wildman–Crippen MR) is 95.0 cm³/mol. The van der Waals surface area contributed by atoms with E-state index in [9.17, 15) is 9.59 Å². The molecule has 8 nitrogen and oxygen atoms in total. The van der Waals surface area contributed by atoms with Gasteiger partial charge >= 0.3 is 0 Å². The fraction of sp³-hybridized carbons (Fsp3) is 0.250. The summed E-state index contributed by atoms with van der Waals surface area (Å²) in [6.45, 7) is 0.321. The van der Waals surface area contributed by atoms with E-state index in [1.807, 2.05) is 24.3 Å². The summed E-state index contributed by atoms with van der Waals surface area (Å²) in [6.07, 6.45) is 1.66. The Morgan fingerprint density at radius 1 is 1.40 bits per heavy atom. The lowest BCUT2D eigenvalue weighted by Crippen LogP contribution is -2.37. The standard InChI is InChI=1S/C16H16BrN5O3/c1-25-13-5-6-18-16(19-13)21-20-15(24)10-7-14(23)22(9-10)12-4-2-3-11(17)8-12/h2-6,8,10H,7,9H2,1H3,(H,20,24)(H,18,19,21). The summed E-state index contributed by atoms with van der Waals surface area (Å²) < 4.78 is 5.87. The van der Waals surface area contributed by atoms with Crippen LogP contribution in [0.5, 0.6) is 5.88 Å². The van der Waals surface area contributed by atoms with Crippen molar-refractivity contribution in [3.8, 4) is 5.88 Å². The van der Waals surface area contributed by atoms with Crippen molar-refractivity contribution in [1.29, 1.82) is 0 Å². The minimum Gasteiger partial charge on any atom is -0.481 e. The van der Waals surface area contributed by atoms with E-state index in [1.54, 1.807) is 11.0 Å². The number of carbonyl (C=O) groups is 2. The van der Waals surface area contributed by atoms with Crippen molar-refractivity contribution >= 4 is 39.4 Å². The third kappa shape index (κ3) is 4.05. The van der Waals surface area contributed by atoms with Crippen molar-refractivity contribution in [3.63, 3.8) is 0 Å². The average molecular weight is 406 g/mol. The van der Waals surface area contributed by atoms with Gasteiger partial charge in [0.25, 0.3) is 0 Å². The van der Waals surface area contributed by atoms with Crippen molar-refractivity contribution in [2.24, 2.45) is 5.92 Å².